The van der Waals surface area contributed by atoms with Crippen molar-refractivity contribution in [3.8, 4) is 0 Å². The summed E-state index contributed by atoms with van der Waals surface area (Å²) in [5.74, 6) is 0. The molecule has 0 atom stereocenters. The van der Waals surface area contributed by atoms with Gasteiger partial charge in [0, 0.05) is 4.47 Å². The number of hydrogen-bond acceptors (Lipinski definition) is 1. The van der Waals surface area contributed by atoms with Crippen LogP contribution in [0.1, 0.15) is 5.56 Å². The normalized spacial score (nSPS) is 11.3. The Morgan fingerprint density at radius 2 is 2.00 bits per heavy atom. The molecule has 0 saturated carbocycles. The average molecular weight is 290 g/mol. The Labute approximate surface area is 87.7 Å². The van der Waals surface area contributed by atoms with Gasteiger partial charge >= 0.3 is 0 Å². The summed E-state index contributed by atoms with van der Waals surface area (Å²) in [6.07, 6.45) is 2.52. The lowest BCUT2D eigenvalue weighted by molar-refractivity contribution is -0.104. The van der Waals surface area contributed by atoms with Crippen molar-refractivity contribution in [3.63, 3.8) is 0 Å². The Morgan fingerprint density at radius 3 is 2.58 bits per heavy atom. The van der Waals surface area contributed by atoms with Gasteiger partial charge in [0.2, 0.25) is 0 Å². The van der Waals surface area contributed by atoms with Crippen LogP contribution in [0, 0.1) is 0 Å². The minimum atomic E-state index is 0.536. The van der Waals surface area contributed by atoms with Gasteiger partial charge in [0.15, 0.2) is 6.29 Å². The molecule has 0 amide bonds. The third kappa shape index (κ3) is 2.57. The van der Waals surface area contributed by atoms with Gasteiger partial charge in [-0.2, -0.15) is 0 Å². The molecule has 1 aromatic carbocycles. The minimum absolute atomic E-state index is 0.536. The highest BCUT2D eigenvalue weighted by Crippen LogP contribution is 2.19. The van der Waals surface area contributed by atoms with E-state index < -0.39 is 0 Å². The van der Waals surface area contributed by atoms with Gasteiger partial charge < -0.3 is 0 Å². The molecule has 0 aliphatic heterocycles. The molecule has 1 nitrogen and oxygen atoms in total. The molecule has 12 heavy (non-hydrogen) atoms. The molecule has 0 aliphatic carbocycles. The maximum atomic E-state index is 10.3. The molecule has 0 bridgehead atoms. The van der Waals surface area contributed by atoms with Crippen LogP contribution in [0.15, 0.2) is 33.2 Å². The van der Waals surface area contributed by atoms with E-state index in [0.717, 1.165) is 16.3 Å². The monoisotopic (exact) mass is 288 g/mol. The first-order valence-electron chi connectivity index (χ1n) is 3.31. The third-order valence-electron chi connectivity index (χ3n) is 1.31. The third-order valence-corrected chi connectivity index (χ3v) is 2.45. The summed E-state index contributed by atoms with van der Waals surface area (Å²) in [6.45, 7) is 0. The highest BCUT2D eigenvalue weighted by Gasteiger charge is 1.94. The summed E-state index contributed by atoms with van der Waals surface area (Å²) in [4.78, 5) is 10.3. The van der Waals surface area contributed by atoms with Gasteiger partial charge in [0.25, 0.3) is 0 Å². The summed E-state index contributed by atoms with van der Waals surface area (Å²) in [6, 6.07) is 7.70. The fraction of sp³-hybridized carbons (Fsp3) is 0. The van der Waals surface area contributed by atoms with Gasteiger partial charge in [0.1, 0.15) is 0 Å². The molecule has 0 unspecified atom stereocenters. The van der Waals surface area contributed by atoms with E-state index in [2.05, 4.69) is 31.9 Å². The highest BCUT2D eigenvalue weighted by atomic mass is 79.9. The number of allylic oxidation sites excluding steroid dienone is 1. The molecule has 0 heterocycles. The van der Waals surface area contributed by atoms with Gasteiger partial charge in [-0.05, 0) is 33.6 Å². The molecule has 0 N–H and O–H groups in total. The number of hydrogen-bond donors (Lipinski definition) is 0. The second kappa shape index (κ2) is 4.58. The van der Waals surface area contributed by atoms with E-state index in [1.807, 2.05) is 24.3 Å². The minimum Gasteiger partial charge on any atom is -0.297 e. The summed E-state index contributed by atoms with van der Waals surface area (Å²) < 4.78 is 1.51. The van der Waals surface area contributed by atoms with Crippen molar-refractivity contribution in [2.75, 3.05) is 0 Å². The predicted octanol–water partition coefficient (Wildman–Crippen LogP) is 3.38. The second-order valence-corrected chi connectivity index (χ2v) is 3.94. The zero-order valence-electron chi connectivity index (χ0n) is 6.13. The zero-order chi connectivity index (χ0) is 8.97. The number of benzene rings is 1. The van der Waals surface area contributed by atoms with E-state index in [1.165, 1.54) is 0 Å². The van der Waals surface area contributed by atoms with Crippen molar-refractivity contribution in [2.45, 2.75) is 0 Å². The quantitative estimate of drug-likeness (QED) is 0.602. The Kier molecular flexibility index (Phi) is 3.69. The molecule has 0 aliphatic rings. The first-order chi connectivity index (χ1) is 5.74. The molecule has 0 saturated heterocycles. The smallest absolute Gasteiger partial charge is 0.157 e. The topological polar surface area (TPSA) is 17.1 Å². The lowest BCUT2D eigenvalue weighted by Crippen LogP contribution is -1.76. The van der Waals surface area contributed by atoms with Gasteiger partial charge in [0.05, 0.1) is 4.48 Å². The van der Waals surface area contributed by atoms with Gasteiger partial charge in [-0.25, -0.2) is 0 Å². The average Bonchev–Trinajstić information content (AvgIpc) is 2.09. The summed E-state index contributed by atoms with van der Waals surface area (Å²) in [5, 5.41) is 0. The van der Waals surface area contributed by atoms with Crippen LogP contribution in [0.2, 0.25) is 0 Å². The molecular weight excluding hydrogens is 284 g/mol. The highest BCUT2D eigenvalue weighted by molar-refractivity contribution is 9.12. The second-order valence-electron chi connectivity index (χ2n) is 2.17. The molecule has 1 rings (SSSR count). The van der Waals surface area contributed by atoms with Crippen LogP contribution in [0.25, 0.3) is 6.08 Å². The Hall–Kier alpha value is -0.410. The molecule has 0 radical (unpaired) electrons. The number of halogens is 2. The maximum Gasteiger partial charge on any atom is 0.157 e. The number of carbonyl (C=O) groups is 1. The fourth-order valence-electron chi connectivity index (χ4n) is 0.775. The molecule has 0 spiro atoms. The summed E-state index contributed by atoms with van der Waals surface area (Å²) in [5.41, 5.74) is 0.983. The van der Waals surface area contributed by atoms with Crippen molar-refractivity contribution in [1.29, 1.82) is 0 Å². The van der Waals surface area contributed by atoms with Crippen molar-refractivity contribution < 1.29 is 4.79 Å². The Balaban J connectivity index is 3.04. The Morgan fingerprint density at radius 1 is 1.33 bits per heavy atom. The molecule has 3 heteroatoms. The standard InChI is InChI=1S/C9H6Br2O/c10-8(6-12)5-7-3-1-2-4-9(7)11/h1-6H/b8-5-. The van der Waals surface area contributed by atoms with Crippen molar-refractivity contribution in [2.24, 2.45) is 0 Å². The molecule has 1 aromatic rings. The van der Waals surface area contributed by atoms with E-state index in [1.54, 1.807) is 6.08 Å². The first-order valence-corrected chi connectivity index (χ1v) is 4.89. The van der Waals surface area contributed by atoms with Gasteiger partial charge in [-0.15, -0.1) is 0 Å². The van der Waals surface area contributed by atoms with E-state index in [9.17, 15) is 4.79 Å². The molecular formula is C9H6Br2O. The SMILES string of the molecule is O=C/C(Br)=C/c1ccccc1Br. The van der Waals surface area contributed by atoms with E-state index in [-0.39, 0.29) is 0 Å². The fourth-order valence-corrected chi connectivity index (χ4v) is 1.42. The number of rotatable bonds is 2. The van der Waals surface area contributed by atoms with Crippen LogP contribution in [0.5, 0.6) is 0 Å². The molecule has 0 aromatic heterocycles. The zero-order valence-corrected chi connectivity index (χ0v) is 9.30. The Bertz CT molecular complexity index is 318. The summed E-state index contributed by atoms with van der Waals surface area (Å²) in [7, 11) is 0. The van der Waals surface area contributed by atoms with E-state index in [0.29, 0.717) is 4.48 Å². The van der Waals surface area contributed by atoms with Crippen LogP contribution in [-0.2, 0) is 4.79 Å². The van der Waals surface area contributed by atoms with E-state index >= 15 is 0 Å². The summed E-state index contributed by atoms with van der Waals surface area (Å²) >= 11 is 6.49. The van der Waals surface area contributed by atoms with Crippen LogP contribution >= 0.6 is 31.9 Å². The van der Waals surface area contributed by atoms with Crippen molar-refractivity contribution in [3.05, 3.63) is 38.8 Å². The van der Waals surface area contributed by atoms with Crippen molar-refractivity contribution in [1.82, 2.24) is 0 Å². The molecule has 62 valence electrons. The number of aldehydes is 1. The predicted molar refractivity (Wildman–Crippen MR) is 57.1 cm³/mol. The van der Waals surface area contributed by atoms with Gasteiger partial charge in [-0.3, -0.25) is 4.79 Å². The first kappa shape index (κ1) is 9.68. The lowest BCUT2D eigenvalue weighted by atomic mass is 10.2. The van der Waals surface area contributed by atoms with Gasteiger partial charge in [-0.1, -0.05) is 34.1 Å². The van der Waals surface area contributed by atoms with E-state index in [4.69, 9.17) is 0 Å². The largest absolute Gasteiger partial charge is 0.297 e. The number of carbonyl (C=O) groups excluding carboxylic acids is 1. The van der Waals surface area contributed by atoms with Crippen LogP contribution < -0.4 is 0 Å². The van der Waals surface area contributed by atoms with Crippen LogP contribution in [0.4, 0.5) is 0 Å². The van der Waals surface area contributed by atoms with Crippen molar-refractivity contribution >= 4 is 44.2 Å². The van der Waals surface area contributed by atoms with Crippen LogP contribution in [0.3, 0.4) is 0 Å². The maximum absolute atomic E-state index is 10.3. The molecule has 0 fully saturated rings. The van der Waals surface area contributed by atoms with Crippen LogP contribution in [-0.4, -0.2) is 6.29 Å². The lowest BCUT2D eigenvalue weighted by Gasteiger charge is -1.96.